The molecule has 0 unspecified atom stereocenters. The van der Waals surface area contributed by atoms with Gasteiger partial charge in [-0.3, -0.25) is 15.0 Å². The number of para-hydroxylation sites is 1. The van der Waals surface area contributed by atoms with E-state index in [0.717, 1.165) is 14.9 Å². The number of carbonyl (C=O) groups excluding carboxylic acids is 2. The third-order valence-corrected chi connectivity index (χ3v) is 4.24. The SMILES string of the molecule is COc1ccc(C=C2C(=O)NN(c3ccccc3)C2=O)cc1I. The molecule has 0 atom stereocenters. The van der Waals surface area contributed by atoms with Crippen LogP contribution in [-0.4, -0.2) is 18.9 Å². The Balaban J connectivity index is 1.92. The fraction of sp³-hybridized carbons (Fsp3) is 0.0588. The molecule has 1 fully saturated rings. The molecule has 0 radical (unpaired) electrons. The quantitative estimate of drug-likeness (QED) is 0.472. The molecular weight excluding hydrogens is 407 g/mol. The Bertz CT molecular complexity index is 803. The van der Waals surface area contributed by atoms with E-state index in [9.17, 15) is 9.59 Å². The van der Waals surface area contributed by atoms with Crippen LogP contribution in [0.3, 0.4) is 0 Å². The molecule has 0 bridgehead atoms. The minimum atomic E-state index is -0.412. The van der Waals surface area contributed by atoms with E-state index in [2.05, 4.69) is 28.0 Å². The highest BCUT2D eigenvalue weighted by molar-refractivity contribution is 14.1. The fourth-order valence-electron chi connectivity index (χ4n) is 2.26. The smallest absolute Gasteiger partial charge is 0.282 e. The third kappa shape index (κ3) is 3.07. The fourth-order valence-corrected chi connectivity index (χ4v) is 3.01. The number of methoxy groups -OCH3 is 1. The number of halogens is 1. The molecule has 1 aliphatic rings. The Morgan fingerprint density at radius 1 is 1.13 bits per heavy atom. The molecule has 1 saturated heterocycles. The van der Waals surface area contributed by atoms with E-state index >= 15 is 0 Å². The zero-order chi connectivity index (χ0) is 16.4. The minimum Gasteiger partial charge on any atom is -0.496 e. The molecule has 0 saturated carbocycles. The zero-order valence-corrected chi connectivity index (χ0v) is 14.4. The molecule has 6 heteroatoms. The topological polar surface area (TPSA) is 58.6 Å². The maximum atomic E-state index is 12.5. The Labute approximate surface area is 147 Å². The van der Waals surface area contributed by atoms with E-state index in [-0.39, 0.29) is 11.5 Å². The average molecular weight is 420 g/mol. The zero-order valence-electron chi connectivity index (χ0n) is 12.2. The van der Waals surface area contributed by atoms with E-state index in [1.807, 2.05) is 24.3 Å². The number of hydrogen-bond acceptors (Lipinski definition) is 3. The van der Waals surface area contributed by atoms with Gasteiger partial charge in [0.05, 0.1) is 16.4 Å². The molecule has 0 aliphatic carbocycles. The molecule has 3 rings (SSSR count). The number of carbonyl (C=O) groups is 2. The standard InChI is InChI=1S/C17H13IN2O3/c1-23-15-8-7-11(10-14(15)18)9-13-16(21)19-20(17(13)22)12-5-3-2-4-6-12/h2-10H,1H3,(H,19,21). The number of hydrogen-bond donors (Lipinski definition) is 1. The molecule has 5 nitrogen and oxygen atoms in total. The lowest BCUT2D eigenvalue weighted by molar-refractivity contribution is -0.117. The van der Waals surface area contributed by atoms with Crippen LogP contribution in [0.15, 0.2) is 54.1 Å². The first-order valence-electron chi connectivity index (χ1n) is 6.86. The van der Waals surface area contributed by atoms with Gasteiger partial charge in [-0.15, -0.1) is 0 Å². The van der Waals surface area contributed by atoms with Crippen molar-refractivity contribution >= 4 is 46.2 Å². The summed E-state index contributed by atoms with van der Waals surface area (Å²) in [6.07, 6.45) is 1.59. The van der Waals surface area contributed by atoms with Gasteiger partial charge in [-0.05, 0) is 58.5 Å². The maximum absolute atomic E-state index is 12.5. The molecule has 23 heavy (non-hydrogen) atoms. The van der Waals surface area contributed by atoms with Crippen LogP contribution in [0, 0.1) is 3.57 Å². The highest BCUT2D eigenvalue weighted by atomic mass is 127. The number of benzene rings is 2. The van der Waals surface area contributed by atoms with E-state index in [1.54, 1.807) is 37.5 Å². The van der Waals surface area contributed by atoms with Gasteiger partial charge in [0.25, 0.3) is 11.8 Å². The van der Waals surface area contributed by atoms with Crippen LogP contribution in [0.4, 0.5) is 5.69 Å². The lowest BCUT2D eigenvalue weighted by atomic mass is 10.1. The number of anilines is 1. The molecule has 2 amide bonds. The highest BCUT2D eigenvalue weighted by Crippen LogP contribution is 2.25. The number of amides is 2. The van der Waals surface area contributed by atoms with Gasteiger partial charge >= 0.3 is 0 Å². The van der Waals surface area contributed by atoms with Crippen LogP contribution in [0.1, 0.15) is 5.56 Å². The van der Waals surface area contributed by atoms with E-state index < -0.39 is 5.91 Å². The Hall–Kier alpha value is -2.35. The average Bonchev–Trinajstić information content (AvgIpc) is 2.84. The summed E-state index contributed by atoms with van der Waals surface area (Å²) >= 11 is 2.15. The predicted molar refractivity (Wildman–Crippen MR) is 95.8 cm³/mol. The molecule has 0 aromatic heterocycles. The third-order valence-electron chi connectivity index (χ3n) is 3.39. The first-order chi connectivity index (χ1) is 11.1. The summed E-state index contributed by atoms with van der Waals surface area (Å²) in [4.78, 5) is 24.6. The second kappa shape index (κ2) is 6.41. The van der Waals surface area contributed by atoms with Gasteiger partial charge in [-0.2, -0.15) is 0 Å². The van der Waals surface area contributed by atoms with Gasteiger partial charge in [0.2, 0.25) is 0 Å². The van der Waals surface area contributed by atoms with E-state index in [4.69, 9.17) is 4.74 Å². The van der Waals surface area contributed by atoms with E-state index in [1.165, 1.54) is 5.01 Å². The molecule has 1 heterocycles. The van der Waals surface area contributed by atoms with Crippen molar-refractivity contribution in [1.29, 1.82) is 0 Å². The second-order valence-electron chi connectivity index (χ2n) is 4.87. The molecule has 2 aromatic rings. The summed E-state index contributed by atoms with van der Waals surface area (Å²) in [5, 5.41) is 1.25. The van der Waals surface area contributed by atoms with Crippen LogP contribution in [-0.2, 0) is 9.59 Å². The van der Waals surface area contributed by atoms with Crippen LogP contribution >= 0.6 is 22.6 Å². The van der Waals surface area contributed by atoms with Crippen molar-refractivity contribution in [1.82, 2.24) is 5.43 Å². The van der Waals surface area contributed by atoms with Gasteiger partial charge in [0, 0.05) is 0 Å². The van der Waals surface area contributed by atoms with Crippen molar-refractivity contribution in [3.63, 3.8) is 0 Å². The lowest BCUT2D eigenvalue weighted by Gasteiger charge is -2.13. The Morgan fingerprint density at radius 2 is 1.87 bits per heavy atom. The van der Waals surface area contributed by atoms with Gasteiger partial charge in [0.15, 0.2) is 0 Å². The summed E-state index contributed by atoms with van der Waals surface area (Å²) in [5.74, 6) is -0.0300. The maximum Gasteiger partial charge on any atom is 0.282 e. The molecule has 116 valence electrons. The summed E-state index contributed by atoms with van der Waals surface area (Å²) in [6, 6.07) is 14.5. The van der Waals surface area contributed by atoms with Crippen LogP contribution in [0.25, 0.3) is 6.08 Å². The molecule has 0 spiro atoms. The van der Waals surface area contributed by atoms with Crippen molar-refractivity contribution in [3.8, 4) is 5.75 Å². The minimum absolute atomic E-state index is 0.106. The largest absolute Gasteiger partial charge is 0.496 e. The number of nitrogens with one attached hydrogen (secondary N) is 1. The normalized spacial score (nSPS) is 15.9. The van der Waals surface area contributed by atoms with Crippen LogP contribution in [0.5, 0.6) is 5.75 Å². The summed E-state index contributed by atoms with van der Waals surface area (Å²) in [6.45, 7) is 0. The van der Waals surface area contributed by atoms with Gasteiger partial charge in [-0.25, -0.2) is 5.01 Å². The van der Waals surface area contributed by atoms with Crippen molar-refractivity contribution in [2.24, 2.45) is 0 Å². The van der Waals surface area contributed by atoms with Crippen molar-refractivity contribution < 1.29 is 14.3 Å². The van der Waals surface area contributed by atoms with Gasteiger partial charge < -0.3 is 4.74 Å². The molecular formula is C17H13IN2O3. The number of ether oxygens (including phenoxy) is 1. The number of rotatable bonds is 3. The summed E-state index contributed by atoms with van der Waals surface area (Å²) in [7, 11) is 1.60. The Morgan fingerprint density at radius 3 is 2.52 bits per heavy atom. The van der Waals surface area contributed by atoms with E-state index in [0.29, 0.717) is 5.69 Å². The van der Waals surface area contributed by atoms with Crippen molar-refractivity contribution in [2.75, 3.05) is 12.1 Å². The molecule has 2 aromatic carbocycles. The number of hydrazine groups is 1. The number of nitrogens with zero attached hydrogens (tertiary/aromatic N) is 1. The highest BCUT2D eigenvalue weighted by Gasteiger charge is 2.34. The predicted octanol–water partition coefficient (Wildman–Crippen LogP) is 2.76. The summed E-state index contributed by atoms with van der Waals surface area (Å²) < 4.78 is 6.11. The first kappa shape index (κ1) is 15.5. The Kier molecular flexibility index (Phi) is 4.33. The second-order valence-corrected chi connectivity index (χ2v) is 6.03. The van der Waals surface area contributed by atoms with Crippen molar-refractivity contribution in [2.45, 2.75) is 0 Å². The molecule has 1 N–H and O–H groups in total. The first-order valence-corrected chi connectivity index (χ1v) is 7.94. The summed E-state index contributed by atoms with van der Waals surface area (Å²) in [5.41, 5.74) is 4.07. The molecule has 1 aliphatic heterocycles. The van der Waals surface area contributed by atoms with Crippen molar-refractivity contribution in [3.05, 3.63) is 63.2 Å². The van der Waals surface area contributed by atoms with Crippen LogP contribution < -0.4 is 15.2 Å². The van der Waals surface area contributed by atoms with Gasteiger partial charge in [0.1, 0.15) is 11.3 Å². The lowest BCUT2D eigenvalue weighted by Crippen LogP contribution is -2.35. The monoisotopic (exact) mass is 420 g/mol. The van der Waals surface area contributed by atoms with Crippen LogP contribution in [0.2, 0.25) is 0 Å². The van der Waals surface area contributed by atoms with Gasteiger partial charge in [-0.1, -0.05) is 24.3 Å².